The summed E-state index contributed by atoms with van der Waals surface area (Å²) >= 11 is 3.61. The van der Waals surface area contributed by atoms with E-state index >= 15 is 0 Å². The Morgan fingerprint density at radius 3 is 2.85 bits per heavy atom. The number of aliphatic imine (C=N–C) groups is 1. The molecular formula is C15H23N3S2. The molecule has 1 aromatic heterocycles. The number of amidine groups is 1. The highest BCUT2D eigenvalue weighted by Gasteiger charge is 2.39. The van der Waals surface area contributed by atoms with Crippen molar-refractivity contribution in [3.8, 4) is 0 Å². The number of thiazole rings is 1. The van der Waals surface area contributed by atoms with Crippen LogP contribution in [0.2, 0.25) is 0 Å². The molecule has 5 heteroatoms. The molecule has 110 valence electrons. The fraction of sp³-hybridized carbons (Fsp3) is 0.733. The molecule has 0 bridgehead atoms. The maximum atomic E-state index is 4.84. The van der Waals surface area contributed by atoms with Gasteiger partial charge in [-0.3, -0.25) is 4.99 Å². The van der Waals surface area contributed by atoms with E-state index in [0.29, 0.717) is 5.54 Å². The molecule has 0 aromatic carbocycles. The Labute approximate surface area is 129 Å². The molecule has 1 saturated heterocycles. The SMILES string of the molecule is Cc1csc(C(C)N=C2NC3(CCC(C)CC3)CS2)n1. The lowest BCUT2D eigenvalue weighted by atomic mass is 9.78. The van der Waals surface area contributed by atoms with Crippen LogP contribution in [0.25, 0.3) is 0 Å². The number of hydrogen-bond donors (Lipinski definition) is 1. The first-order valence-corrected chi connectivity index (χ1v) is 9.34. The molecule has 3 nitrogen and oxygen atoms in total. The fourth-order valence-corrected chi connectivity index (χ4v) is 5.04. The van der Waals surface area contributed by atoms with Crippen LogP contribution in [0.4, 0.5) is 0 Å². The van der Waals surface area contributed by atoms with Crippen molar-refractivity contribution in [2.45, 2.75) is 58.0 Å². The first-order valence-electron chi connectivity index (χ1n) is 7.47. The summed E-state index contributed by atoms with van der Waals surface area (Å²) in [6.07, 6.45) is 5.29. The quantitative estimate of drug-likeness (QED) is 0.891. The zero-order valence-electron chi connectivity index (χ0n) is 12.5. The molecule has 1 aromatic rings. The van der Waals surface area contributed by atoms with Crippen molar-refractivity contribution in [2.24, 2.45) is 10.9 Å². The molecule has 0 amide bonds. The Kier molecular flexibility index (Phi) is 4.09. The maximum absolute atomic E-state index is 4.84. The van der Waals surface area contributed by atoms with Crippen molar-refractivity contribution < 1.29 is 0 Å². The number of thioether (sulfide) groups is 1. The largest absolute Gasteiger partial charge is 0.359 e. The zero-order chi connectivity index (χ0) is 14.2. The highest BCUT2D eigenvalue weighted by molar-refractivity contribution is 8.14. The van der Waals surface area contributed by atoms with Gasteiger partial charge in [0.1, 0.15) is 11.0 Å². The third-order valence-corrected chi connectivity index (χ3v) is 6.70. The van der Waals surface area contributed by atoms with E-state index in [9.17, 15) is 0 Å². The molecule has 2 heterocycles. The fourth-order valence-electron chi connectivity index (χ4n) is 2.95. The van der Waals surface area contributed by atoms with Gasteiger partial charge >= 0.3 is 0 Å². The van der Waals surface area contributed by atoms with Crippen molar-refractivity contribution >= 4 is 28.3 Å². The first-order chi connectivity index (χ1) is 9.56. The van der Waals surface area contributed by atoms with Gasteiger partial charge in [-0.15, -0.1) is 11.3 Å². The highest BCUT2D eigenvalue weighted by Crippen LogP contribution is 2.38. The van der Waals surface area contributed by atoms with Gasteiger partial charge < -0.3 is 5.32 Å². The van der Waals surface area contributed by atoms with E-state index in [1.54, 1.807) is 11.3 Å². The minimum atomic E-state index is 0.168. The van der Waals surface area contributed by atoms with Gasteiger partial charge in [0.2, 0.25) is 0 Å². The average Bonchev–Trinajstić information content (AvgIpc) is 3.01. The summed E-state index contributed by atoms with van der Waals surface area (Å²) in [6.45, 7) is 6.55. The van der Waals surface area contributed by atoms with Crippen LogP contribution in [0.3, 0.4) is 0 Å². The highest BCUT2D eigenvalue weighted by atomic mass is 32.2. The molecule has 0 radical (unpaired) electrons. The third-order valence-electron chi connectivity index (χ3n) is 4.39. The van der Waals surface area contributed by atoms with Gasteiger partial charge in [-0.1, -0.05) is 18.7 Å². The number of nitrogens with zero attached hydrogens (tertiary/aromatic N) is 2. The second-order valence-corrected chi connectivity index (χ2v) is 8.17. The molecule has 1 aliphatic carbocycles. The summed E-state index contributed by atoms with van der Waals surface area (Å²) in [6, 6.07) is 0.168. The summed E-state index contributed by atoms with van der Waals surface area (Å²) in [7, 11) is 0. The summed E-state index contributed by atoms with van der Waals surface area (Å²) in [5.74, 6) is 2.08. The Morgan fingerprint density at radius 2 is 2.20 bits per heavy atom. The number of nitrogens with one attached hydrogen (secondary N) is 1. The van der Waals surface area contributed by atoms with E-state index in [1.807, 2.05) is 18.7 Å². The molecule has 1 aliphatic heterocycles. The van der Waals surface area contributed by atoms with Crippen LogP contribution in [0, 0.1) is 12.8 Å². The van der Waals surface area contributed by atoms with Gasteiger partial charge in [0, 0.05) is 22.4 Å². The lowest BCUT2D eigenvalue weighted by Gasteiger charge is -2.35. The van der Waals surface area contributed by atoms with Gasteiger partial charge in [-0.25, -0.2) is 4.98 Å². The van der Waals surface area contributed by atoms with E-state index in [1.165, 1.54) is 31.4 Å². The predicted octanol–water partition coefficient (Wildman–Crippen LogP) is 4.15. The Balaban J connectivity index is 1.66. The van der Waals surface area contributed by atoms with Crippen LogP contribution in [-0.4, -0.2) is 21.4 Å². The topological polar surface area (TPSA) is 37.3 Å². The summed E-state index contributed by atoms with van der Waals surface area (Å²) in [4.78, 5) is 9.39. The van der Waals surface area contributed by atoms with Crippen molar-refractivity contribution in [1.82, 2.24) is 10.3 Å². The van der Waals surface area contributed by atoms with Crippen molar-refractivity contribution in [3.05, 3.63) is 16.1 Å². The van der Waals surface area contributed by atoms with Crippen molar-refractivity contribution in [1.29, 1.82) is 0 Å². The van der Waals surface area contributed by atoms with Crippen LogP contribution in [0.1, 0.15) is 56.3 Å². The second-order valence-electron chi connectivity index (χ2n) is 6.31. The van der Waals surface area contributed by atoms with E-state index in [4.69, 9.17) is 4.99 Å². The normalized spacial score (nSPS) is 33.5. The Hall–Kier alpha value is -0.550. The number of aromatic nitrogens is 1. The van der Waals surface area contributed by atoms with E-state index in [-0.39, 0.29) is 6.04 Å². The monoisotopic (exact) mass is 309 g/mol. The summed E-state index contributed by atoms with van der Waals surface area (Å²) in [5.41, 5.74) is 1.43. The molecule has 1 saturated carbocycles. The number of rotatable bonds is 2. The first kappa shape index (κ1) is 14.4. The van der Waals surface area contributed by atoms with Gasteiger partial charge in [0.15, 0.2) is 5.17 Å². The molecule has 1 spiro atoms. The third kappa shape index (κ3) is 3.03. The van der Waals surface area contributed by atoms with Gasteiger partial charge in [0.25, 0.3) is 0 Å². The minimum absolute atomic E-state index is 0.168. The smallest absolute Gasteiger partial charge is 0.157 e. The van der Waals surface area contributed by atoms with Crippen LogP contribution >= 0.6 is 23.1 Å². The molecule has 2 aliphatic rings. The van der Waals surface area contributed by atoms with Gasteiger partial charge in [-0.2, -0.15) is 0 Å². The van der Waals surface area contributed by atoms with Gasteiger partial charge in [-0.05, 0) is 45.4 Å². The summed E-state index contributed by atoms with van der Waals surface area (Å²) < 4.78 is 0. The Bertz CT molecular complexity index is 501. The maximum Gasteiger partial charge on any atom is 0.157 e. The summed E-state index contributed by atoms with van der Waals surface area (Å²) in [5, 5.41) is 8.07. The van der Waals surface area contributed by atoms with Crippen LogP contribution in [-0.2, 0) is 0 Å². The zero-order valence-corrected chi connectivity index (χ0v) is 14.1. The Morgan fingerprint density at radius 1 is 1.45 bits per heavy atom. The molecule has 1 unspecified atom stereocenters. The van der Waals surface area contributed by atoms with Crippen molar-refractivity contribution in [3.63, 3.8) is 0 Å². The molecule has 20 heavy (non-hydrogen) atoms. The standard InChI is InChI=1S/C15H23N3S2/c1-10-4-6-15(7-5-10)9-20-14(18-15)17-12(3)13-16-11(2)8-19-13/h8,10,12H,4-7,9H2,1-3H3,(H,17,18). The molecular weight excluding hydrogens is 286 g/mol. The van der Waals surface area contributed by atoms with Crippen LogP contribution in [0.15, 0.2) is 10.4 Å². The lowest BCUT2D eigenvalue weighted by Crippen LogP contribution is -2.46. The predicted molar refractivity (Wildman–Crippen MR) is 88.7 cm³/mol. The van der Waals surface area contributed by atoms with Crippen molar-refractivity contribution in [2.75, 3.05) is 5.75 Å². The lowest BCUT2D eigenvalue weighted by molar-refractivity contribution is 0.250. The van der Waals surface area contributed by atoms with E-state index in [0.717, 1.165) is 21.8 Å². The molecule has 3 rings (SSSR count). The van der Waals surface area contributed by atoms with E-state index in [2.05, 4.69) is 29.5 Å². The molecule has 2 fully saturated rings. The second kappa shape index (κ2) is 5.68. The molecule has 1 atom stereocenters. The van der Waals surface area contributed by atoms with Crippen LogP contribution in [0.5, 0.6) is 0 Å². The number of hydrogen-bond acceptors (Lipinski definition) is 4. The van der Waals surface area contributed by atoms with Crippen LogP contribution < -0.4 is 5.32 Å². The van der Waals surface area contributed by atoms with Gasteiger partial charge in [0.05, 0.1) is 0 Å². The minimum Gasteiger partial charge on any atom is -0.359 e. The average molecular weight is 310 g/mol. The van der Waals surface area contributed by atoms with E-state index < -0.39 is 0 Å². The number of aryl methyl sites for hydroxylation is 1. The molecule has 1 N–H and O–H groups in total.